The Morgan fingerprint density at radius 2 is 1.50 bits per heavy atom. The van der Waals surface area contributed by atoms with Gasteiger partial charge in [-0.1, -0.05) is 46.3 Å². The van der Waals surface area contributed by atoms with Crippen molar-refractivity contribution in [2.75, 3.05) is 17.5 Å². The number of anilines is 1. The van der Waals surface area contributed by atoms with Crippen molar-refractivity contribution in [2.24, 2.45) is 5.10 Å². The summed E-state index contributed by atoms with van der Waals surface area (Å²) in [5, 5.41) is 4.00. The third kappa shape index (κ3) is 7.93. The summed E-state index contributed by atoms with van der Waals surface area (Å²) in [6.07, 6.45) is 1.48. The average molecular weight is 623 g/mol. The van der Waals surface area contributed by atoms with Gasteiger partial charge in [0.05, 0.1) is 23.4 Å². The van der Waals surface area contributed by atoms with Gasteiger partial charge in [-0.2, -0.15) is 5.10 Å². The van der Waals surface area contributed by atoms with Crippen LogP contribution in [0.15, 0.2) is 118 Å². The molecule has 0 radical (unpaired) electrons. The number of halogens is 1. The maximum atomic E-state index is 13.4. The SMILES string of the molecule is CCOc1ccc(N(CC(=O)NN=Cc2ccc(OCc3ccc(Br)cc3)cc2)S(=O)(=O)c2ccccc2)cc1. The third-order valence-electron chi connectivity index (χ3n) is 5.66. The van der Waals surface area contributed by atoms with Crippen molar-refractivity contribution in [3.63, 3.8) is 0 Å². The van der Waals surface area contributed by atoms with Crippen LogP contribution in [0.3, 0.4) is 0 Å². The Balaban J connectivity index is 1.40. The van der Waals surface area contributed by atoms with Crippen molar-refractivity contribution in [2.45, 2.75) is 18.4 Å². The first-order valence-corrected chi connectivity index (χ1v) is 14.7. The highest BCUT2D eigenvalue weighted by atomic mass is 79.9. The summed E-state index contributed by atoms with van der Waals surface area (Å²) in [5.74, 6) is 0.697. The molecular formula is C30H28BrN3O5S. The number of nitrogens with one attached hydrogen (secondary N) is 1. The van der Waals surface area contributed by atoms with E-state index in [1.165, 1.54) is 18.3 Å². The van der Waals surface area contributed by atoms with E-state index in [-0.39, 0.29) is 4.90 Å². The lowest BCUT2D eigenvalue weighted by Gasteiger charge is -2.24. The number of hydrogen-bond acceptors (Lipinski definition) is 6. The minimum absolute atomic E-state index is 0.0719. The fourth-order valence-corrected chi connectivity index (χ4v) is 5.36. The summed E-state index contributed by atoms with van der Waals surface area (Å²) in [6, 6.07) is 29.6. The van der Waals surface area contributed by atoms with Crippen molar-refractivity contribution in [3.05, 3.63) is 119 Å². The highest BCUT2D eigenvalue weighted by molar-refractivity contribution is 9.10. The van der Waals surface area contributed by atoms with E-state index in [2.05, 4.69) is 26.5 Å². The van der Waals surface area contributed by atoms with Crippen LogP contribution in [-0.2, 0) is 21.4 Å². The van der Waals surface area contributed by atoms with Crippen molar-refractivity contribution < 1.29 is 22.7 Å². The van der Waals surface area contributed by atoms with Crippen LogP contribution in [0.4, 0.5) is 5.69 Å². The summed E-state index contributed by atoms with van der Waals surface area (Å²) in [5.41, 5.74) is 4.52. The summed E-state index contributed by atoms with van der Waals surface area (Å²) >= 11 is 3.41. The number of hydrazone groups is 1. The lowest BCUT2D eigenvalue weighted by Crippen LogP contribution is -2.39. The molecular weight excluding hydrogens is 594 g/mol. The van der Waals surface area contributed by atoms with Crippen LogP contribution in [0.1, 0.15) is 18.1 Å². The van der Waals surface area contributed by atoms with Gasteiger partial charge in [-0.3, -0.25) is 9.10 Å². The zero-order chi connectivity index (χ0) is 28.4. The van der Waals surface area contributed by atoms with Gasteiger partial charge in [-0.25, -0.2) is 13.8 Å². The second-order valence-electron chi connectivity index (χ2n) is 8.53. The highest BCUT2D eigenvalue weighted by Gasteiger charge is 2.27. The summed E-state index contributed by atoms with van der Waals surface area (Å²) in [7, 11) is -4.02. The molecule has 4 rings (SSSR count). The van der Waals surface area contributed by atoms with Crippen molar-refractivity contribution >= 4 is 43.8 Å². The minimum Gasteiger partial charge on any atom is -0.494 e. The Kier molecular flexibility index (Phi) is 9.93. The van der Waals surface area contributed by atoms with E-state index in [9.17, 15) is 13.2 Å². The van der Waals surface area contributed by atoms with Crippen LogP contribution < -0.4 is 19.2 Å². The number of carbonyl (C=O) groups excluding carboxylic acids is 1. The second kappa shape index (κ2) is 13.8. The molecule has 0 aromatic heterocycles. The number of nitrogens with zero attached hydrogens (tertiary/aromatic N) is 2. The Hall–Kier alpha value is -4.15. The van der Waals surface area contributed by atoms with E-state index < -0.39 is 22.5 Å². The molecule has 0 fully saturated rings. The van der Waals surface area contributed by atoms with Crippen molar-refractivity contribution in [3.8, 4) is 11.5 Å². The molecule has 0 atom stereocenters. The summed E-state index contributed by atoms with van der Waals surface area (Å²) in [4.78, 5) is 12.9. The Morgan fingerprint density at radius 1 is 0.875 bits per heavy atom. The quantitative estimate of drug-likeness (QED) is 0.160. The van der Waals surface area contributed by atoms with Gasteiger partial charge in [0.2, 0.25) is 0 Å². The Morgan fingerprint density at radius 3 is 2.15 bits per heavy atom. The maximum absolute atomic E-state index is 13.4. The number of hydrogen-bond donors (Lipinski definition) is 1. The molecule has 0 aliphatic carbocycles. The standard InChI is InChI=1S/C30H28BrN3O5S/c1-2-38-27-18-14-26(15-19-27)34(40(36,37)29-6-4-3-5-7-29)21-30(35)33-32-20-23-10-16-28(17-11-23)39-22-24-8-12-25(31)13-9-24/h3-20H,2,21-22H2,1H3,(H,33,35). The molecule has 0 bridgehead atoms. The minimum atomic E-state index is -4.02. The van der Waals surface area contributed by atoms with E-state index in [0.29, 0.717) is 30.4 Å². The van der Waals surface area contributed by atoms with E-state index in [1.807, 2.05) is 43.3 Å². The number of benzene rings is 4. The number of carbonyl (C=O) groups is 1. The van der Waals surface area contributed by atoms with Crippen LogP contribution in [-0.4, -0.2) is 33.7 Å². The molecule has 4 aromatic carbocycles. The molecule has 0 aliphatic rings. The van der Waals surface area contributed by atoms with Crippen LogP contribution in [0.25, 0.3) is 0 Å². The average Bonchev–Trinajstić information content (AvgIpc) is 2.97. The monoisotopic (exact) mass is 621 g/mol. The number of sulfonamides is 1. The molecule has 0 aliphatic heterocycles. The summed E-state index contributed by atoms with van der Waals surface area (Å²) in [6.45, 7) is 2.31. The summed E-state index contributed by atoms with van der Waals surface area (Å²) < 4.78 is 40.2. The van der Waals surface area contributed by atoms with Crippen LogP contribution in [0, 0.1) is 0 Å². The molecule has 0 heterocycles. The van der Waals surface area contributed by atoms with E-state index in [0.717, 1.165) is 19.9 Å². The van der Waals surface area contributed by atoms with Gasteiger partial charge in [-0.05, 0) is 90.8 Å². The van der Waals surface area contributed by atoms with Gasteiger partial charge in [0.1, 0.15) is 24.7 Å². The van der Waals surface area contributed by atoms with Gasteiger partial charge < -0.3 is 9.47 Å². The molecule has 0 spiro atoms. The van der Waals surface area contributed by atoms with Crippen LogP contribution in [0.2, 0.25) is 0 Å². The Bertz CT molecular complexity index is 1530. The molecule has 0 saturated carbocycles. The third-order valence-corrected chi connectivity index (χ3v) is 7.97. The van der Waals surface area contributed by atoms with Crippen molar-refractivity contribution in [1.82, 2.24) is 5.43 Å². The molecule has 10 heteroatoms. The molecule has 0 saturated heterocycles. The molecule has 1 N–H and O–H groups in total. The number of amides is 1. The molecule has 4 aromatic rings. The molecule has 40 heavy (non-hydrogen) atoms. The predicted octanol–water partition coefficient (Wildman–Crippen LogP) is 5.77. The topological polar surface area (TPSA) is 97.3 Å². The first-order valence-electron chi connectivity index (χ1n) is 12.4. The van der Waals surface area contributed by atoms with Gasteiger partial charge in [0, 0.05) is 4.47 Å². The second-order valence-corrected chi connectivity index (χ2v) is 11.3. The van der Waals surface area contributed by atoms with E-state index in [1.54, 1.807) is 54.6 Å². The number of rotatable bonds is 12. The zero-order valence-corrected chi connectivity index (χ0v) is 24.1. The molecule has 8 nitrogen and oxygen atoms in total. The zero-order valence-electron chi connectivity index (χ0n) is 21.7. The largest absolute Gasteiger partial charge is 0.494 e. The highest BCUT2D eigenvalue weighted by Crippen LogP contribution is 2.26. The normalized spacial score (nSPS) is 11.2. The van der Waals surface area contributed by atoms with Crippen LogP contribution in [0.5, 0.6) is 11.5 Å². The smallest absolute Gasteiger partial charge is 0.264 e. The Labute approximate surface area is 242 Å². The van der Waals surface area contributed by atoms with Crippen LogP contribution >= 0.6 is 15.9 Å². The molecule has 1 amide bonds. The van der Waals surface area contributed by atoms with E-state index in [4.69, 9.17) is 9.47 Å². The van der Waals surface area contributed by atoms with E-state index >= 15 is 0 Å². The maximum Gasteiger partial charge on any atom is 0.264 e. The lowest BCUT2D eigenvalue weighted by atomic mass is 10.2. The number of ether oxygens (including phenoxy) is 2. The molecule has 0 unspecified atom stereocenters. The predicted molar refractivity (Wildman–Crippen MR) is 159 cm³/mol. The van der Waals surface area contributed by atoms with Gasteiger partial charge in [0.15, 0.2) is 0 Å². The lowest BCUT2D eigenvalue weighted by molar-refractivity contribution is -0.119. The fourth-order valence-electron chi connectivity index (χ4n) is 3.65. The fraction of sp³-hybridized carbons (Fsp3) is 0.133. The van der Waals surface area contributed by atoms with Gasteiger partial charge >= 0.3 is 0 Å². The molecule has 206 valence electrons. The van der Waals surface area contributed by atoms with Crippen molar-refractivity contribution in [1.29, 1.82) is 0 Å². The van der Waals surface area contributed by atoms with Gasteiger partial charge in [-0.15, -0.1) is 0 Å². The van der Waals surface area contributed by atoms with Gasteiger partial charge in [0.25, 0.3) is 15.9 Å². The first-order chi connectivity index (χ1) is 19.3. The first kappa shape index (κ1) is 28.8.